The smallest absolute Gasteiger partial charge is 0.332 e. The molecule has 0 saturated heterocycles. The third-order valence-electron chi connectivity index (χ3n) is 5.28. The van der Waals surface area contributed by atoms with E-state index in [9.17, 15) is 19.6 Å². The number of hydrogen-bond acceptors (Lipinski definition) is 8. The number of benzene rings is 1. The predicted octanol–water partition coefficient (Wildman–Crippen LogP) is 0.174. The SMILES string of the molecule is COC(=O)/C=c1\sc2n(c1=O)C(N)=C(C#N)C(c1cccnc1)C=2C(=O)NCc1ccccc1. The highest BCUT2D eigenvalue weighted by Gasteiger charge is 2.35. The highest BCUT2D eigenvalue weighted by molar-refractivity contribution is 7.07. The van der Waals surface area contributed by atoms with E-state index in [1.54, 1.807) is 24.5 Å². The molecule has 10 heteroatoms. The largest absolute Gasteiger partial charge is 0.466 e. The molecule has 1 aliphatic rings. The zero-order valence-corrected chi connectivity index (χ0v) is 18.8. The van der Waals surface area contributed by atoms with E-state index in [0.717, 1.165) is 27.5 Å². The van der Waals surface area contributed by atoms with Crippen LogP contribution in [0.5, 0.6) is 0 Å². The van der Waals surface area contributed by atoms with Crippen LogP contribution in [0.25, 0.3) is 17.5 Å². The van der Waals surface area contributed by atoms with Crippen LogP contribution in [0.1, 0.15) is 17.0 Å². The van der Waals surface area contributed by atoms with E-state index in [-0.39, 0.29) is 32.7 Å². The Labute approximate surface area is 197 Å². The van der Waals surface area contributed by atoms with E-state index >= 15 is 0 Å². The molecular weight excluding hydrogens is 454 g/mol. The first-order valence-corrected chi connectivity index (χ1v) is 11.0. The van der Waals surface area contributed by atoms with Gasteiger partial charge in [0.1, 0.15) is 15.0 Å². The summed E-state index contributed by atoms with van der Waals surface area (Å²) in [5, 5.41) is 12.8. The first-order chi connectivity index (χ1) is 16.5. The summed E-state index contributed by atoms with van der Waals surface area (Å²) in [5.74, 6) is -2.15. The van der Waals surface area contributed by atoms with Crippen molar-refractivity contribution in [3.05, 3.63) is 91.1 Å². The van der Waals surface area contributed by atoms with Gasteiger partial charge < -0.3 is 15.8 Å². The van der Waals surface area contributed by atoms with Crippen molar-refractivity contribution in [1.29, 1.82) is 5.26 Å². The summed E-state index contributed by atoms with van der Waals surface area (Å²) in [6, 6.07) is 14.8. The second kappa shape index (κ2) is 9.56. The lowest BCUT2D eigenvalue weighted by Gasteiger charge is -2.25. The number of amides is 1. The number of allylic oxidation sites excluding steroid dienone is 1. The fourth-order valence-electron chi connectivity index (χ4n) is 3.69. The van der Waals surface area contributed by atoms with Crippen LogP contribution in [0, 0.1) is 11.3 Å². The monoisotopic (exact) mass is 473 g/mol. The molecule has 3 heterocycles. The molecule has 0 bridgehead atoms. The van der Waals surface area contributed by atoms with Gasteiger partial charge in [0.25, 0.3) is 11.5 Å². The van der Waals surface area contributed by atoms with Gasteiger partial charge in [-0.2, -0.15) is 5.26 Å². The predicted molar refractivity (Wildman–Crippen MR) is 126 cm³/mol. The number of nitriles is 1. The molecule has 0 saturated carbocycles. The number of hydrogen-bond donors (Lipinski definition) is 2. The second-order valence-electron chi connectivity index (χ2n) is 7.29. The Balaban J connectivity index is 1.97. The minimum Gasteiger partial charge on any atom is -0.466 e. The number of carbonyl (C=O) groups excluding carboxylic acids is 2. The molecule has 3 N–H and O–H groups in total. The molecule has 1 amide bonds. The van der Waals surface area contributed by atoms with Crippen molar-refractivity contribution < 1.29 is 14.3 Å². The number of pyridine rings is 1. The van der Waals surface area contributed by atoms with Gasteiger partial charge in [0.15, 0.2) is 0 Å². The molecule has 2 aromatic heterocycles. The standard InChI is InChI=1S/C24H19N5O4S/c1-33-18(30)10-17-23(32)29-21(26)16(11-25)19(15-8-5-9-27-13-15)20(24(29)34-17)22(31)28-12-14-6-3-2-4-7-14/h2-10,13,19H,12,26H2,1H3,(H,28,31)/b17-10-. The minimum absolute atomic E-state index is 0.0299. The summed E-state index contributed by atoms with van der Waals surface area (Å²) < 4.78 is 6.00. The van der Waals surface area contributed by atoms with Gasteiger partial charge in [-0.25, -0.2) is 4.79 Å². The zero-order chi connectivity index (χ0) is 24.2. The van der Waals surface area contributed by atoms with Crippen molar-refractivity contribution in [1.82, 2.24) is 14.9 Å². The Morgan fingerprint density at radius 1 is 1.29 bits per heavy atom. The maximum Gasteiger partial charge on any atom is 0.332 e. The van der Waals surface area contributed by atoms with Gasteiger partial charge in [-0.3, -0.25) is 19.1 Å². The lowest BCUT2D eigenvalue weighted by atomic mass is 9.84. The summed E-state index contributed by atoms with van der Waals surface area (Å²) in [6.45, 7) is 0.237. The summed E-state index contributed by atoms with van der Waals surface area (Å²) in [6.07, 6.45) is 4.16. The molecular formula is C24H19N5O4S. The number of fused-ring (bicyclic) bond motifs is 1. The third-order valence-corrected chi connectivity index (χ3v) is 6.39. The Morgan fingerprint density at radius 2 is 2.06 bits per heavy atom. The van der Waals surface area contributed by atoms with Crippen molar-refractivity contribution in [3.8, 4) is 6.07 Å². The quantitative estimate of drug-likeness (QED) is 0.504. The second-order valence-corrected chi connectivity index (χ2v) is 8.32. The van der Waals surface area contributed by atoms with Crippen molar-refractivity contribution in [2.24, 2.45) is 5.73 Å². The number of rotatable bonds is 5. The molecule has 0 spiro atoms. The van der Waals surface area contributed by atoms with Gasteiger partial charge in [0.2, 0.25) is 0 Å². The Morgan fingerprint density at radius 3 is 2.71 bits per heavy atom. The topological polar surface area (TPSA) is 140 Å². The van der Waals surface area contributed by atoms with Crippen molar-refractivity contribution in [2.45, 2.75) is 12.5 Å². The van der Waals surface area contributed by atoms with E-state index in [2.05, 4.69) is 21.1 Å². The number of carbonyl (C=O) groups is 2. The van der Waals surface area contributed by atoms with Crippen LogP contribution >= 0.6 is 11.3 Å². The summed E-state index contributed by atoms with van der Waals surface area (Å²) in [5.41, 5.74) is 7.30. The first kappa shape index (κ1) is 22.7. The number of nitrogens with one attached hydrogen (secondary N) is 1. The van der Waals surface area contributed by atoms with E-state index in [1.807, 2.05) is 30.3 Å². The molecule has 1 unspecified atom stereocenters. The number of methoxy groups -OCH3 is 1. The zero-order valence-electron chi connectivity index (χ0n) is 18.0. The highest BCUT2D eigenvalue weighted by Crippen LogP contribution is 2.35. The van der Waals surface area contributed by atoms with E-state index in [4.69, 9.17) is 5.73 Å². The maximum absolute atomic E-state index is 13.5. The molecule has 1 aromatic carbocycles. The summed E-state index contributed by atoms with van der Waals surface area (Å²) >= 11 is 0.931. The van der Waals surface area contributed by atoms with Crippen LogP contribution in [-0.2, 0) is 20.9 Å². The van der Waals surface area contributed by atoms with E-state index in [0.29, 0.717) is 5.56 Å². The third kappa shape index (κ3) is 4.12. The maximum atomic E-state index is 13.5. The number of aromatic nitrogens is 2. The lowest BCUT2D eigenvalue weighted by molar-refractivity contribution is -0.133. The molecule has 4 rings (SSSR count). The fraction of sp³-hybridized carbons (Fsp3) is 0.125. The van der Waals surface area contributed by atoms with Crippen LogP contribution in [0.4, 0.5) is 0 Å². The van der Waals surface area contributed by atoms with Gasteiger partial charge in [-0.1, -0.05) is 36.4 Å². The molecule has 34 heavy (non-hydrogen) atoms. The van der Waals surface area contributed by atoms with Crippen molar-refractivity contribution in [2.75, 3.05) is 7.11 Å². The molecule has 1 aliphatic heterocycles. The number of esters is 1. The average molecular weight is 474 g/mol. The van der Waals surface area contributed by atoms with Gasteiger partial charge in [0.05, 0.1) is 30.2 Å². The number of nitrogens with zero attached hydrogens (tertiary/aromatic N) is 3. The van der Waals surface area contributed by atoms with Gasteiger partial charge in [-0.05, 0) is 17.2 Å². The van der Waals surface area contributed by atoms with E-state index < -0.39 is 23.4 Å². The van der Waals surface area contributed by atoms with Crippen molar-refractivity contribution >= 4 is 40.7 Å². The average Bonchev–Trinajstić information content (AvgIpc) is 3.19. The van der Waals surface area contributed by atoms with Gasteiger partial charge in [-0.15, -0.1) is 11.3 Å². The fourth-order valence-corrected chi connectivity index (χ4v) is 4.82. The molecule has 0 fully saturated rings. The Kier molecular flexibility index (Phi) is 6.38. The Hall–Kier alpha value is -4.49. The van der Waals surface area contributed by atoms with Crippen LogP contribution in [0.15, 0.2) is 65.2 Å². The minimum atomic E-state index is -0.849. The molecule has 170 valence electrons. The number of nitrogens with two attached hydrogens (primary N) is 1. The van der Waals surface area contributed by atoms with E-state index in [1.165, 1.54) is 7.11 Å². The molecule has 0 aliphatic carbocycles. The molecule has 1 atom stereocenters. The highest BCUT2D eigenvalue weighted by atomic mass is 32.1. The van der Waals surface area contributed by atoms with Gasteiger partial charge in [0, 0.05) is 25.0 Å². The summed E-state index contributed by atoms with van der Waals surface area (Å²) in [4.78, 5) is 42.5. The lowest BCUT2D eigenvalue weighted by Crippen LogP contribution is -2.42. The normalized spacial score (nSPS) is 15.5. The van der Waals surface area contributed by atoms with Crippen LogP contribution in [-0.4, -0.2) is 28.5 Å². The van der Waals surface area contributed by atoms with Gasteiger partial charge >= 0.3 is 5.97 Å². The van der Waals surface area contributed by atoms with Crippen LogP contribution < -0.4 is 25.8 Å². The first-order valence-electron chi connectivity index (χ1n) is 10.1. The number of ether oxygens (including phenoxy) is 1. The molecule has 0 radical (unpaired) electrons. The molecule has 3 aromatic rings. The Bertz CT molecular complexity index is 1520. The van der Waals surface area contributed by atoms with Crippen LogP contribution in [0.3, 0.4) is 0 Å². The summed E-state index contributed by atoms with van der Waals surface area (Å²) in [7, 11) is 1.19. The van der Waals surface area contributed by atoms with Crippen LogP contribution in [0.2, 0.25) is 0 Å². The number of thiazole rings is 1. The molecule has 9 nitrogen and oxygen atoms in total. The van der Waals surface area contributed by atoms with Crippen molar-refractivity contribution in [3.63, 3.8) is 0 Å².